The number of nitrogens with zero attached hydrogens (tertiary/aromatic N) is 5. The molecular weight excluding hydrogens is 428 g/mol. The Balaban J connectivity index is 0.00000199. The molecule has 8 heteroatoms. The first kappa shape index (κ1) is 27.6. The second kappa shape index (κ2) is 15.3. The molecule has 1 saturated heterocycles. The molecule has 2 aromatic heterocycles. The SMILES string of the molecule is CC.CCCN(CCC)c1cc(/C=N/Nc2cc(C)c(C)o2)nc(OCCN2CCCCC2)n1. The van der Waals surface area contributed by atoms with E-state index in [1.54, 1.807) is 6.21 Å². The van der Waals surface area contributed by atoms with Gasteiger partial charge in [-0.05, 0) is 58.2 Å². The van der Waals surface area contributed by atoms with Crippen molar-refractivity contribution < 1.29 is 9.15 Å². The van der Waals surface area contributed by atoms with Crippen LogP contribution in [0.5, 0.6) is 6.01 Å². The van der Waals surface area contributed by atoms with Gasteiger partial charge in [0.25, 0.3) is 0 Å². The van der Waals surface area contributed by atoms with Gasteiger partial charge in [0, 0.05) is 31.8 Å². The molecule has 3 rings (SSSR count). The van der Waals surface area contributed by atoms with Crippen LogP contribution in [-0.2, 0) is 0 Å². The van der Waals surface area contributed by atoms with Gasteiger partial charge in [-0.15, -0.1) is 0 Å². The monoisotopic (exact) mass is 472 g/mol. The number of ether oxygens (including phenoxy) is 1. The molecular formula is C26H44N6O2. The van der Waals surface area contributed by atoms with E-state index in [1.807, 2.05) is 39.8 Å². The zero-order valence-corrected chi connectivity index (χ0v) is 22.1. The first-order valence-electron chi connectivity index (χ1n) is 12.9. The zero-order chi connectivity index (χ0) is 24.8. The maximum absolute atomic E-state index is 5.99. The Morgan fingerprint density at radius 3 is 2.41 bits per heavy atom. The Kier molecular flexibility index (Phi) is 12.5. The van der Waals surface area contributed by atoms with E-state index in [0.717, 1.165) is 62.7 Å². The van der Waals surface area contributed by atoms with Crippen LogP contribution in [0.1, 0.15) is 76.8 Å². The minimum Gasteiger partial charge on any atom is -0.462 e. The normalized spacial score (nSPS) is 14.1. The standard InChI is InChI=1S/C24H38N6O2.C2H6/c1-5-10-30(11-6-2)22-17-21(18-25-28-23-16-19(3)20(4)32-23)26-24(27-22)31-15-14-29-12-8-7-9-13-29;1-2/h16-18,28H,5-15H2,1-4H3;1-2H3/b25-18+;. The van der Waals surface area contributed by atoms with Gasteiger partial charge in [0.05, 0.1) is 11.9 Å². The predicted molar refractivity (Wildman–Crippen MR) is 141 cm³/mol. The number of likely N-dealkylation sites (tertiary alicyclic amines) is 1. The molecule has 8 nitrogen and oxygen atoms in total. The predicted octanol–water partition coefficient (Wildman–Crippen LogP) is 5.65. The van der Waals surface area contributed by atoms with Crippen molar-refractivity contribution in [3.8, 4) is 6.01 Å². The van der Waals surface area contributed by atoms with Crippen molar-refractivity contribution in [2.45, 2.75) is 73.6 Å². The van der Waals surface area contributed by atoms with Crippen LogP contribution in [0.4, 0.5) is 11.7 Å². The largest absolute Gasteiger partial charge is 0.462 e. The Labute approximate surface area is 205 Å². The number of hydrazone groups is 1. The molecule has 1 fully saturated rings. The summed E-state index contributed by atoms with van der Waals surface area (Å²) in [4.78, 5) is 14.0. The average Bonchev–Trinajstić information content (AvgIpc) is 3.17. The summed E-state index contributed by atoms with van der Waals surface area (Å²) in [6.45, 7) is 18.0. The minimum absolute atomic E-state index is 0.405. The van der Waals surface area contributed by atoms with E-state index in [9.17, 15) is 0 Å². The molecule has 0 aromatic carbocycles. The van der Waals surface area contributed by atoms with E-state index in [2.05, 4.69) is 39.2 Å². The van der Waals surface area contributed by atoms with E-state index in [0.29, 0.717) is 24.2 Å². The highest BCUT2D eigenvalue weighted by Crippen LogP contribution is 2.19. The van der Waals surface area contributed by atoms with Crippen LogP contribution in [-0.4, -0.2) is 60.4 Å². The summed E-state index contributed by atoms with van der Waals surface area (Å²) in [6, 6.07) is 4.30. The Morgan fingerprint density at radius 2 is 1.79 bits per heavy atom. The molecule has 34 heavy (non-hydrogen) atoms. The smallest absolute Gasteiger partial charge is 0.319 e. The number of nitrogens with one attached hydrogen (secondary N) is 1. The van der Waals surface area contributed by atoms with Crippen LogP contribution in [0.25, 0.3) is 0 Å². The molecule has 1 aliphatic rings. The lowest BCUT2D eigenvalue weighted by Crippen LogP contribution is -2.33. The van der Waals surface area contributed by atoms with Crippen LogP contribution in [0.3, 0.4) is 0 Å². The number of aromatic nitrogens is 2. The second-order valence-electron chi connectivity index (χ2n) is 8.39. The summed E-state index contributed by atoms with van der Waals surface area (Å²) < 4.78 is 11.6. The van der Waals surface area contributed by atoms with E-state index < -0.39 is 0 Å². The van der Waals surface area contributed by atoms with Crippen molar-refractivity contribution in [3.63, 3.8) is 0 Å². The summed E-state index contributed by atoms with van der Waals surface area (Å²) in [5, 5.41) is 4.31. The van der Waals surface area contributed by atoms with E-state index in [-0.39, 0.29) is 0 Å². The molecule has 1 N–H and O–H groups in total. The summed E-state index contributed by atoms with van der Waals surface area (Å²) in [5.74, 6) is 2.37. The lowest BCUT2D eigenvalue weighted by molar-refractivity contribution is 0.177. The second-order valence-corrected chi connectivity index (χ2v) is 8.39. The number of aryl methyl sites for hydroxylation is 2. The fourth-order valence-corrected chi connectivity index (χ4v) is 3.84. The van der Waals surface area contributed by atoms with Crippen LogP contribution in [0, 0.1) is 13.8 Å². The molecule has 0 aliphatic carbocycles. The zero-order valence-electron chi connectivity index (χ0n) is 22.1. The number of furan rings is 1. The van der Waals surface area contributed by atoms with E-state index in [4.69, 9.17) is 14.1 Å². The molecule has 0 bridgehead atoms. The molecule has 190 valence electrons. The van der Waals surface area contributed by atoms with Crippen molar-refractivity contribution in [2.75, 3.05) is 49.7 Å². The summed E-state index contributed by atoms with van der Waals surface area (Å²) >= 11 is 0. The van der Waals surface area contributed by atoms with Crippen molar-refractivity contribution in [3.05, 3.63) is 29.2 Å². The van der Waals surface area contributed by atoms with Gasteiger partial charge in [-0.3, -0.25) is 4.90 Å². The van der Waals surface area contributed by atoms with Gasteiger partial charge in [0.1, 0.15) is 18.2 Å². The van der Waals surface area contributed by atoms with Gasteiger partial charge in [0.15, 0.2) is 0 Å². The molecule has 0 saturated carbocycles. The summed E-state index contributed by atoms with van der Waals surface area (Å²) in [7, 11) is 0. The quantitative estimate of drug-likeness (QED) is 0.316. The first-order valence-corrected chi connectivity index (χ1v) is 12.9. The third-order valence-corrected chi connectivity index (χ3v) is 5.65. The highest BCUT2D eigenvalue weighted by atomic mass is 16.5. The van der Waals surface area contributed by atoms with Crippen LogP contribution >= 0.6 is 0 Å². The fraction of sp³-hybridized carbons (Fsp3) is 0.654. The van der Waals surface area contributed by atoms with Crippen molar-refractivity contribution >= 4 is 17.9 Å². The van der Waals surface area contributed by atoms with E-state index >= 15 is 0 Å². The number of hydrogen-bond donors (Lipinski definition) is 1. The van der Waals surface area contributed by atoms with Crippen LogP contribution in [0.15, 0.2) is 21.7 Å². The van der Waals surface area contributed by atoms with Gasteiger partial charge >= 0.3 is 6.01 Å². The Morgan fingerprint density at radius 1 is 1.09 bits per heavy atom. The maximum atomic E-state index is 5.99. The van der Waals surface area contributed by atoms with Gasteiger partial charge in [0.2, 0.25) is 5.88 Å². The first-order chi connectivity index (χ1) is 16.6. The number of piperidine rings is 1. The molecule has 2 aromatic rings. The van der Waals surface area contributed by atoms with Crippen molar-refractivity contribution in [1.29, 1.82) is 0 Å². The van der Waals surface area contributed by atoms with Gasteiger partial charge < -0.3 is 14.1 Å². The lowest BCUT2D eigenvalue weighted by atomic mass is 10.1. The van der Waals surface area contributed by atoms with Crippen molar-refractivity contribution in [1.82, 2.24) is 14.9 Å². The van der Waals surface area contributed by atoms with Gasteiger partial charge in [-0.1, -0.05) is 34.1 Å². The molecule has 0 unspecified atom stereocenters. The molecule has 0 radical (unpaired) electrons. The number of anilines is 2. The van der Waals surface area contributed by atoms with Gasteiger partial charge in [-0.2, -0.15) is 15.1 Å². The van der Waals surface area contributed by atoms with E-state index in [1.165, 1.54) is 19.3 Å². The Hall–Kier alpha value is -2.61. The number of rotatable bonds is 12. The van der Waals surface area contributed by atoms with Crippen LogP contribution in [0.2, 0.25) is 0 Å². The molecule has 0 amide bonds. The number of hydrogen-bond acceptors (Lipinski definition) is 8. The topological polar surface area (TPSA) is 79.0 Å². The van der Waals surface area contributed by atoms with Gasteiger partial charge in [-0.25, -0.2) is 5.43 Å². The summed E-state index contributed by atoms with van der Waals surface area (Å²) in [6.07, 6.45) is 7.68. The summed E-state index contributed by atoms with van der Waals surface area (Å²) in [5.41, 5.74) is 4.73. The molecule has 1 aliphatic heterocycles. The van der Waals surface area contributed by atoms with Crippen molar-refractivity contribution in [2.24, 2.45) is 5.10 Å². The molecule has 0 spiro atoms. The minimum atomic E-state index is 0.405. The Bertz CT molecular complexity index is 835. The molecule has 3 heterocycles. The van der Waals surface area contributed by atoms with Crippen LogP contribution < -0.4 is 15.1 Å². The highest BCUT2D eigenvalue weighted by molar-refractivity contribution is 5.79. The maximum Gasteiger partial charge on any atom is 0.319 e. The highest BCUT2D eigenvalue weighted by Gasteiger charge is 2.13. The lowest BCUT2D eigenvalue weighted by Gasteiger charge is -2.26. The average molecular weight is 473 g/mol. The fourth-order valence-electron chi connectivity index (χ4n) is 3.84. The third-order valence-electron chi connectivity index (χ3n) is 5.65. The third kappa shape index (κ3) is 8.97. The molecule has 0 atom stereocenters.